The van der Waals surface area contributed by atoms with Crippen LogP contribution in [0.5, 0.6) is 0 Å². The molecule has 0 saturated heterocycles. The van der Waals surface area contributed by atoms with Gasteiger partial charge in [-0.05, 0) is 59.7 Å². The third-order valence-corrected chi connectivity index (χ3v) is 3.76. The van der Waals surface area contributed by atoms with Crippen molar-refractivity contribution >= 4 is 34.9 Å². The van der Waals surface area contributed by atoms with Gasteiger partial charge in [-0.2, -0.15) is 0 Å². The van der Waals surface area contributed by atoms with Crippen LogP contribution < -0.4 is 10.6 Å². The summed E-state index contributed by atoms with van der Waals surface area (Å²) < 4.78 is 0. The van der Waals surface area contributed by atoms with E-state index in [1.165, 1.54) is 0 Å². The van der Waals surface area contributed by atoms with Crippen molar-refractivity contribution in [3.8, 4) is 0 Å². The summed E-state index contributed by atoms with van der Waals surface area (Å²) in [6, 6.07) is 24.6. The Kier molecular flexibility index (Phi) is 4.78. The predicted molar refractivity (Wildman–Crippen MR) is 106 cm³/mol. The number of hydrogen-bond donors (Lipinski definition) is 2. The summed E-state index contributed by atoms with van der Waals surface area (Å²) >= 11 is 0. The fraction of sp³-hybridized carbons (Fsp3) is 0. The van der Waals surface area contributed by atoms with Gasteiger partial charge in [0.1, 0.15) is 0 Å². The molecule has 0 radical (unpaired) electrons. The van der Waals surface area contributed by atoms with Crippen molar-refractivity contribution in [2.24, 2.45) is 0 Å². The Labute approximate surface area is 143 Å². The van der Waals surface area contributed by atoms with Crippen molar-refractivity contribution in [3.05, 3.63) is 97.1 Å². The maximum atomic E-state index is 3.77. The van der Waals surface area contributed by atoms with E-state index >= 15 is 0 Å². The first-order chi connectivity index (χ1) is 11.8. The van der Waals surface area contributed by atoms with Gasteiger partial charge in [-0.25, -0.2) is 0 Å². The van der Waals surface area contributed by atoms with Crippen LogP contribution in [0.3, 0.4) is 0 Å². The van der Waals surface area contributed by atoms with E-state index in [0.29, 0.717) is 0 Å². The minimum Gasteiger partial charge on any atom is -0.356 e. The number of hydrogen-bond acceptors (Lipinski definition) is 2. The Hall–Kier alpha value is -3.26. The third-order valence-electron chi connectivity index (χ3n) is 3.76. The van der Waals surface area contributed by atoms with Crippen molar-refractivity contribution < 1.29 is 0 Å². The summed E-state index contributed by atoms with van der Waals surface area (Å²) in [4.78, 5) is 0. The number of benzene rings is 3. The summed E-state index contributed by atoms with van der Waals surface area (Å²) in [6.45, 7) is 7.53. The summed E-state index contributed by atoms with van der Waals surface area (Å²) in [5.41, 5.74) is 6.44. The van der Waals surface area contributed by atoms with Gasteiger partial charge in [-0.1, -0.05) is 49.6 Å². The summed E-state index contributed by atoms with van der Waals surface area (Å²) in [7, 11) is 0. The molecule has 3 aromatic rings. The molecule has 3 rings (SSSR count). The van der Waals surface area contributed by atoms with Gasteiger partial charge in [0.2, 0.25) is 0 Å². The van der Waals surface area contributed by atoms with Gasteiger partial charge in [0, 0.05) is 22.7 Å². The molecule has 0 heterocycles. The number of nitrogens with one attached hydrogen (secondary N) is 2. The molecule has 0 aliphatic heterocycles. The maximum Gasteiger partial charge on any atom is 0.0385 e. The largest absolute Gasteiger partial charge is 0.356 e. The summed E-state index contributed by atoms with van der Waals surface area (Å²) in [6.07, 6.45) is 3.68. The molecule has 0 bridgehead atoms. The van der Waals surface area contributed by atoms with Crippen LogP contribution in [0.25, 0.3) is 12.2 Å². The molecule has 2 heteroatoms. The van der Waals surface area contributed by atoms with Crippen LogP contribution in [0.2, 0.25) is 0 Å². The standard InChI is InChI=1S/C22H20N2/c1-3-17-5-9-19(10-6-17)23-21-13-15-22(16-14-21)24-20-11-7-18(4-2)8-12-20/h3-16,23-24H,1-2H2. The second kappa shape index (κ2) is 7.34. The molecule has 118 valence electrons. The van der Waals surface area contributed by atoms with Crippen LogP contribution in [-0.2, 0) is 0 Å². The molecule has 0 aliphatic carbocycles. The molecule has 0 spiro atoms. The van der Waals surface area contributed by atoms with Crippen LogP contribution in [0.15, 0.2) is 86.0 Å². The van der Waals surface area contributed by atoms with E-state index < -0.39 is 0 Å². The molecule has 0 atom stereocenters. The lowest BCUT2D eigenvalue weighted by Gasteiger charge is -2.10. The quantitative estimate of drug-likeness (QED) is 0.546. The Morgan fingerprint density at radius 2 is 0.708 bits per heavy atom. The average Bonchev–Trinajstić information content (AvgIpc) is 2.65. The molecule has 0 saturated carbocycles. The minimum atomic E-state index is 1.05. The zero-order chi connectivity index (χ0) is 16.8. The monoisotopic (exact) mass is 312 g/mol. The van der Waals surface area contributed by atoms with E-state index in [2.05, 4.69) is 48.1 Å². The third kappa shape index (κ3) is 3.93. The number of anilines is 4. The topological polar surface area (TPSA) is 24.1 Å². The van der Waals surface area contributed by atoms with Crippen molar-refractivity contribution in [1.82, 2.24) is 0 Å². The van der Waals surface area contributed by atoms with E-state index in [9.17, 15) is 0 Å². The van der Waals surface area contributed by atoms with E-state index in [0.717, 1.165) is 33.9 Å². The smallest absolute Gasteiger partial charge is 0.0385 e. The molecule has 3 aromatic carbocycles. The maximum absolute atomic E-state index is 3.77. The average molecular weight is 312 g/mol. The van der Waals surface area contributed by atoms with Gasteiger partial charge in [0.25, 0.3) is 0 Å². The summed E-state index contributed by atoms with van der Waals surface area (Å²) in [5.74, 6) is 0. The van der Waals surface area contributed by atoms with Crippen molar-refractivity contribution in [3.63, 3.8) is 0 Å². The second-order valence-electron chi connectivity index (χ2n) is 5.48. The van der Waals surface area contributed by atoms with Gasteiger partial charge in [-0.3, -0.25) is 0 Å². The van der Waals surface area contributed by atoms with Crippen molar-refractivity contribution in [1.29, 1.82) is 0 Å². The van der Waals surface area contributed by atoms with Gasteiger partial charge >= 0.3 is 0 Å². The Morgan fingerprint density at radius 1 is 0.458 bits per heavy atom. The fourth-order valence-corrected chi connectivity index (χ4v) is 2.38. The highest BCUT2D eigenvalue weighted by Crippen LogP contribution is 2.22. The predicted octanol–water partition coefficient (Wildman–Crippen LogP) is 6.46. The van der Waals surface area contributed by atoms with E-state index in [1.807, 2.05) is 60.7 Å². The Morgan fingerprint density at radius 3 is 0.958 bits per heavy atom. The van der Waals surface area contributed by atoms with Gasteiger partial charge in [0.05, 0.1) is 0 Å². The molecule has 0 unspecified atom stereocenters. The number of rotatable bonds is 6. The first-order valence-electron chi connectivity index (χ1n) is 7.86. The fourth-order valence-electron chi connectivity index (χ4n) is 2.38. The van der Waals surface area contributed by atoms with Gasteiger partial charge in [-0.15, -0.1) is 0 Å². The lowest BCUT2D eigenvalue weighted by molar-refractivity contribution is 1.51. The molecular formula is C22H20N2. The van der Waals surface area contributed by atoms with Crippen LogP contribution in [-0.4, -0.2) is 0 Å². The van der Waals surface area contributed by atoms with Crippen LogP contribution in [0.4, 0.5) is 22.7 Å². The molecule has 24 heavy (non-hydrogen) atoms. The lowest BCUT2D eigenvalue weighted by atomic mass is 10.2. The molecule has 0 aliphatic rings. The first kappa shape index (κ1) is 15.6. The highest BCUT2D eigenvalue weighted by atomic mass is 14.9. The SMILES string of the molecule is C=Cc1ccc(Nc2ccc(Nc3ccc(C=C)cc3)cc2)cc1. The van der Waals surface area contributed by atoms with Crippen molar-refractivity contribution in [2.45, 2.75) is 0 Å². The zero-order valence-electron chi connectivity index (χ0n) is 13.5. The van der Waals surface area contributed by atoms with Crippen LogP contribution in [0.1, 0.15) is 11.1 Å². The Bertz CT molecular complexity index is 741. The van der Waals surface area contributed by atoms with Crippen LogP contribution >= 0.6 is 0 Å². The van der Waals surface area contributed by atoms with Gasteiger partial charge < -0.3 is 10.6 Å². The second-order valence-corrected chi connectivity index (χ2v) is 5.48. The molecule has 2 N–H and O–H groups in total. The normalized spacial score (nSPS) is 10.0. The van der Waals surface area contributed by atoms with E-state index in [4.69, 9.17) is 0 Å². The highest BCUT2D eigenvalue weighted by Gasteiger charge is 1.98. The Balaban J connectivity index is 1.65. The molecular weight excluding hydrogens is 292 g/mol. The van der Waals surface area contributed by atoms with Crippen molar-refractivity contribution in [2.75, 3.05) is 10.6 Å². The highest BCUT2D eigenvalue weighted by molar-refractivity contribution is 5.67. The van der Waals surface area contributed by atoms with E-state index in [1.54, 1.807) is 0 Å². The molecule has 0 fully saturated rings. The minimum absolute atomic E-state index is 1.05. The molecule has 0 amide bonds. The molecule has 2 nitrogen and oxygen atoms in total. The molecule has 0 aromatic heterocycles. The van der Waals surface area contributed by atoms with Crippen LogP contribution in [0, 0.1) is 0 Å². The van der Waals surface area contributed by atoms with Gasteiger partial charge in [0.15, 0.2) is 0 Å². The summed E-state index contributed by atoms with van der Waals surface area (Å²) in [5, 5.41) is 6.78. The van der Waals surface area contributed by atoms with E-state index in [-0.39, 0.29) is 0 Å². The first-order valence-corrected chi connectivity index (χ1v) is 7.86. The zero-order valence-corrected chi connectivity index (χ0v) is 13.5. The lowest BCUT2D eigenvalue weighted by Crippen LogP contribution is -1.92.